The second-order valence-electron chi connectivity index (χ2n) is 8.89. The molecule has 2 N–H and O–H groups in total. The summed E-state index contributed by atoms with van der Waals surface area (Å²) in [5.41, 5.74) is 3.57. The number of aromatic carboxylic acids is 1. The molecule has 3 aromatic rings. The highest BCUT2D eigenvalue weighted by Crippen LogP contribution is 2.34. The van der Waals surface area contributed by atoms with Crippen LogP contribution >= 0.6 is 11.6 Å². The molecular formula is C24H23ClN6O3. The molecule has 2 aliphatic heterocycles. The number of carboxylic acid groups (broad SMARTS) is 1. The fourth-order valence-corrected chi connectivity index (χ4v) is 4.96. The number of halogens is 1. The summed E-state index contributed by atoms with van der Waals surface area (Å²) in [5, 5.41) is 22.7. The maximum absolute atomic E-state index is 11.7. The lowest BCUT2D eigenvalue weighted by Gasteiger charge is -2.31. The van der Waals surface area contributed by atoms with Crippen molar-refractivity contribution in [1.82, 2.24) is 15.0 Å². The van der Waals surface area contributed by atoms with Gasteiger partial charge in [-0.25, -0.2) is 19.7 Å². The second-order valence-corrected chi connectivity index (χ2v) is 9.28. The normalized spacial score (nSPS) is 20.2. The van der Waals surface area contributed by atoms with Crippen LogP contribution in [0.15, 0.2) is 24.3 Å². The van der Waals surface area contributed by atoms with Crippen molar-refractivity contribution in [3.63, 3.8) is 0 Å². The van der Waals surface area contributed by atoms with Gasteiger partial charge in [-0.05, 0) is 44.0 Å². The molecule has 1 aromatic carbocycles. The number of aryl methyl sites for hydroxylation is 1. The average molecular weight is 479 g/mol. The van der Waals surface area contributed by atoms with Crippen LogP contribution in [0.25, 0.3) is 11.0 Å². The third kappa shape index (κ3) is 4.11. The predicted molar refractivity (Wildman–Crippen MR) is 127 cm³/mol. The largest absolute Gasteiger partial charge is 0.476 e. The molecule has 2 bridgehead atoms. The number of carboxylic acids is 1. The van der Waals surface area contributed by atoms with Crippen LogP contribution in [0.4, 0.5) is 11.5 Å². The molecule has 10 heteroatoms. The minimum absolute atomic E-state index is 0.107. The van der Waals surface area contributed by atoms with Crippen LogP contribution in [0.3, 0.4) is 0 Å². The van der Waals surface area contributed by atoms with Crippen molar-refractivity contribution in [2.45, 2.75) is 32.4 Å². The van der Waals surface area contributed by atoms with E-state index < -0.39 is 5.97 Å². The number of nitrogens with one attached hydrogen (secondary N) is 1. The van der Waals surface area contributed by atoms with Gasteiger partial charge in [0.1, 0.15) is 11.2 Å². The molecule has 2 aliphatic rings. The Kier molecular flexibility index (Phi) is 5.71. The smallest absolute Gasteiger partial charge is 0.356 e. The van der Waals surface area contributed by atoms with Crippen LogP contribution in [0.5, 0.6) is 0 Å². The quantitative estimate of drug-likeness (QED) is 0.524. The highest BCUT2D eigenvalue weighted by molar-refractivity contribution is 6.29. The Balaban J connectivity index is 1.57. The van der Waals surface area contributed by atoms with Crippen molar-refractivity contribution in [3.8, 4) is 6.07 Å². The van der Waals surface area contributed by atoms with Crippen LogP contribution in [-0.4, -0.2) is 51.8 Å². The van der Waals surface area contributed by atoms with E-state index in [1.54, 1.807) is 12.1 Å². The summed E-state index contributed by atoms with van der Waals surface area (Å²) in [4.78, 5) is 27.3. The van der Waals surface area contributed by atoms with E-state index in [1.165, 1.54) is 0 Å². The van der Waals surface area contributed by atoms with Crippen molar-refractivity contribution in [1.29, 1.82) is 5.26 Å². The number of nitrogens with zero attached hydrogens (tertiary/aromatic N) is 5. The van der Waals surface area contributed by atoms with Crippen molar-refractivity contribution < 1.29 is 14.6 Å². The number of piperidine rings is 1. The van der Waals surface area contributed by atoms with Crippen LogP contribution in [0.2, 0.25) is 5.15 Å². The molecule has 2 fully saturated rings. The number of nitriles is 1. The van der Waals surface area contributed by atoms with Gasteiger partial charge in [0.2, 0.25) is 0 Å². The summed E-state index contributed by atoms with van der Waals surface area (Å²) in [7, 11) is 0. The Morgan fingerprint density at radius 3 is 2.88 bits per heavy atom. The van der Waals surface area contributed by atoms with Gasteiger partial charge in [-0.2, -0.15) is 5.26 Å². The fraction of sp³-hybridized carbons (Fsp3) is 0.375. The lowest BCUT2D eigenvalue weighted by Crippen LogP contribution is -2.40. The minimum Gasteiger partial charge on any atom is -0.476 e. The third-order valence-corrected chi connectivity index (χ3v) is 6.51. The zero-order chi connectivity index (χ0) is 24.0. The number of rotatable bonds is 5. The molecule has 174 valence electrons. The first-order chi connectivity index (χ1) is 16.3. The molecule has 0 aliphatic carbocycles. The van der Waals surface area contributed by atoms with Crippen LogP contribution in [-0.2, 0) is 4.74 Å². The summed E-state index contributed by atoms with van der Waals surface area (Å²) in [6.07, 6.45) is 1.18. The highest BCUT2D eigenvalue weighted by Gasteiger charge is 2.35. The maximum atomic E-state index is 11.7. The second kappa shape index (κ2) is 8.70. The van der Waals surface area contributed by atoms with Crippen molar-refractivity contribution in [2.24, 2.45) is 5.92 Å². The molecule has 2 saturated heterocycles. The number of pyridine rings is 1. The molecule has 4 heterocycles. The van der Waals surface area contributed by atoms with Gasteiger partial charge in [0.25, 0.3) is 0 Å². The minimum atomic E-state index is -1.17. The third-order valence-electron chi connectivity index (χ3n) is 6.30. The maximum Gasteiger partial charge on any atom is 0.356 e. The van der Waals surface area contributed by atoms with Gasteiger partial charge in [0.05, 0.1) is 35.5 Å². The SMILES string of the molecule is Cc1cc([C@@H](C)Nc2ccc(Cl)nc2C(=O)O)c2nc(N3C[C@H]4CO[C@H](C4)C3)c(C#N)nc2c1. The number of hydrogen-bond donors (Lipinski definition) is 2. The first-order valence-electron chi connectivity index (χ1n) is 11.1. The van der Waals surface area contributed by atoms with Gasteiger partial charge in [-0.1, -0.05) is 17.7 Å². The average Bonchev–Trinajstić information content (AvgIpc) is 3.15. The monoisotopic (exact) mass is 478 g/mol. The summed E-state index contributed by atoms with van der Waals surface area (Å²) in [5.74, 6) is -0.186. The summed E-state index contributed by atoms with van der Waals surface area (Å²) in [6.45, 7) is 6.06. The Morgan fingerprint density at radius 1 is 1.32 bits per heavy atom. The van der Waals surface area contributed by atoms with E-state index in [0.29, 0.717) is 40.7 Å². The number of ether oxygens (including phenoxy) is 1. The van der Waals surface area contributed by atoms with Crippen LogP contribution in [0, 0.1) is 24.2 Å². The molecule has 0 unspecified atom stereocenters. The van der Waals surface area contributed by atoms with Gasteiger partial charge in [-0.3, -0.25) is 0 Å². The molecule has 0 saturated carbocycles. The Morgan fingerprint density at radius 2 is 2.15 bits per heavy atom. The first kappa shape index (κ1) is 22.3. The van der Waals surface area contributed by atoms with E-state index in [9.17, 15) is 15.2 Å². The van der Waals surface area contributed by atoms with Gasteiger partial charge >= 0.3 is 5.97 Å². The fourth-order valence-electron chi connectivity index (χ4n) is 4.81. The lowest BCUT2D eigenvalue weighted by molar-refractivity contribution is 0.0691. The number of hydrogen-bond acceptors (Lipinski definition) is 8. The predicted octanol–water partition coefficient (Wildman–Crippen LogP) is 3.95. The molecule has 34 heavy (non-hydrogen) atoms. The van der Waals surface area contributed by atoms with Crippen molar-refractivity contribution >= 4 is 40.1 Å². The van der Waals surface area contributed by atoms with E-state index in [1.807, 2.05) is 26.0 Å². The topological polar surface area (TPSA) is 124 Å². The summed E-state index contributed by atoms with van der Waals surface area (Å²) < 4.78 is 5.83. The van der Waals surface area contributed by atoms with Gasteiger partial charge in [0.15, 0.2) is 17.2 Å². The number of benzene rings is 1. The van der Waals surface area contributed by atoms with Gasteiger partial charge in [0, 0.05) is 24.6 Å². The van der Waals surface area contributed by atoms with Gasteiger partial charge in [-0.15, -0.1) is 0 Å². The van der Waals surface area contributed by atoms with Crippen molar-refractivity contribution in [3.05, 3.63) is 51.9 Å². The Labute approximate surface area is 201 Å². The Hall–Kier alpha value is -3.48. The summed E-state index contributed by atoms with van der Waals surface area (Å²) >= 11 is 5.90. The molecule has 3 atom stereocenters. The van der Waals surface area contributed by atoms with E-state index in [0.717, 1.165) is 30.7 Å². The summed E-state index contributed by atoms with van der Waals surface area (Å²) in [6, 6.07) is 8.93. The number of carbonyl (C=O) groups is 1. The highest BCUT2D eigenvalue weighted by atomic mass is 35.5. The standard InChI is InChI=1S/C24H23ClN6O3/c1-12-5-16(13(2)27-17-3-4-20(25)29-22(17)24(32)33)21-18(6-12)28-19(8-26)23(30-21)31-9-14-7-15(10-31)34-11-14/h3-6,13-15,27H,7,9-11H2,1-2H3,(H,32,33)/t13-,14+,15-/m1/s1. The molecule has 0 spiro atoms. The number of anilines is 2. The van der Waals surface area contributed by atoms with Gasteiger partial charge < -0.3 is 20.1 Å². The number of fused-ring (bicyclic) bond motifs is 3. The number of aromatic nitrogens is 3. The van der Waals surface area contributed by atoms with Crippen LogP contribution in [0.1, 0.15) is 46.7 Å². The van der Waals surface area contributed by atoms with E-state index in [2.05, 4.69) is 26.3 Å². The zero-order valence-electron chi connectivity index (χ0n) is 18.7. The first-order valence-corrected chi connectivity index (χ1v) is 11.5. The van der Waals surface area contributed by atoms with Crippen LogP contribution < -0.4 is 10.2 Å². The van der Waals surface area contributed by atoms with Crippen molar-refractivity contribution in [2.75, 3.05) is 29.9 Å². The lowest BCUT2D eigenvalue weighted by atomic mass is 9.99. The Bertz CT molecular complexity index is 1330. The van der Waals surface area contributed by atoms with E-state index >= 15 is 0 Å². The van der Waals surface area contributed by atoms with E-state index in [-0.39, 0.29) is 23.0 Å². The molecule has 9 nitrogen and oxygen atoms in total. The molecule has 2 aromatic heterocycles. The van der Waals surface area contributed by atoms with E-state index in [4.69, 9.17) is 21.3 Å². The molecular weight excluding hydrogens is 456 g/mol. The molecule has 0 radical (unpaired) electrons. The molecule has 5 rings (SSSR count). The zero-order valence-corrected chi connectivity index (χ0v) is 19.5. The molecule has 0 amide bonds.